The summed E-state index contributed by atoms with van der Waals surface area (Å²) in [6.45, 7) is 0. The number of aromatic nitrogens is 6. The minimum Gasteiger partial charge on any atom is -0.489 e. The van der Waals surface area contributed by atoms with Gasteiger partial charge in [-0.2, -0.15) is 11.3 Å². The van der Waals surface area contributed by atoms with E-state index in [0.717, 1.165) is 118 Å². The number of para-hydroxylation sites is 2. The first-order valence-electron chi connectivity index (χ1n) is 23.2. The quantitative estimate of drug-likeness (QED) is 0.151. The van der Waals surface area contributed by atoms with Crippen LogP contribution in [0.1, 0.15) is 0 Å². The maximum Gasteiger partial charge on any atom is 2.00 e. The number of thiazole rings is 1. The van der Waals surface area contributed by atoms with Crippen LogP contribution in [0.4, 0.5) is 34.1 Å². The number of rotatable bonds is 6. The van der Waals surface area contributed by atoms with E-state index in [1.165, 1.54) is 0 Å². The summed E-state index contributed by atoms with van der Waals surface area (Å²) in [5.41, 5.74) is 19.1. The number of oxazole rings is 1. The molecule has 6 aromatic carbocycles. The molecular formula is C62H36N8OPt2S. The molecule has 9 nitrogen and oxygen atoms in total. The van der Waals surface area contributed by atoms with Gasteiger partial charge in [-0.3, -0.25) is 19.9 Å². The number of benzene rings is 6. The van der Waals surface area contributed by atoms with Gasteiger partial charge in [0, 0.05) is 75.0 Å². The summed E-state index contributed by atoms with van der Waals surface area (Å²) in [4.78, 5) is 32.0. The molecule has 0 unspecified atom stereocenters. The smallest absolute Gasteiger partial charge is 0.489 e. The molecule has 12 heteroatoms. The third-order valence-corrected chi connectivity index (χ3v) is 13.3. The molecule has 0 amide bonds. The molecule has 14 rings (SSSR count). The van der Waals surface area contributed by atoms with Gasteiger partial charge in [-0.15, -0.1) is 102 Å². The third kappa shape index (κ3) is 8.92. The molecule has 74 heavy (non-hydrogen) atoms. The molecule has 0 fully saturated rings. The maximum absolute atomic E-state index is 5.61. The second-order valence-electron chi connectivity index (χ2n) is 16.8. The van der Waals surface area contributed by atoms with Crippen molar-refractivity contribution in [3.8, 4) is 89.3 Å². The summed E-state index contributed by atoms with van der Waals surface area (Å²) < 4.78 is 5.61. The van der Waals surface area contributed by atoms with Crippen molar-refractivity contribution in [2.24, 2.45) is 0 Å². The molecule has 8 heterocycles. The van der Waals surface area contributed by atoms with E-state index in [0.29, 0.717) is 5.89 Å². The van der Waals surface area contributed by atoms with Crippen LogP contribution in [0.25, 0.3) is 89.3 Å². The Hall–Kier alpha value is -8.26. The molecule has 356 valence electrons. The fourth-order valence-electron chi connectivity index (χ4n) is 9.39. The molecule has 0 aliphatic carbocycles. The van der Waals surface area contributed by atoms with Crippen molar-refractivity contribution >= 4 is 45.5 Å². The van der Waals surface area contributed by atoms with Gasteiger partial charge in [0.15, 0.2) is 0 Å². The summed E-state index contributed by atoms with van der Waals surface area (Å²) in [7, 11) is 0. The number of nitrogens with zero attached hydrogens (tertiary/aromatic N) is 8. The van der Waals surface area contributed by atoms with Crippen LogP contribution < -0.4 is 9.80 Å². The zero-order valence-electron chi connectivity index (χ0n) is 38.8. The van der Waals surface area contributed by atoms with Gasteiger partial charge < -0.3 is 24.2 Å². The van der Waals surface area contributed by atoms with E-state index in [1.807, 2.05) is 109 Å². The van der Waals surface area contributed by atoms with Crippen molar-refractivity contribution in [2.75, 3.05) is 9.80 Å². The molecule has 0 spiro atoms. The SMILES string of the molecule is [Pt+2].[Pt+2].[c-]1c(-c2ccccn2)cccc1N1c2[c-]c(-c3ncco3)ccc2-c2ncccc2-c2ccccc21.[c-]1c(-c2ccccn2)cccc1N1c2[c-]c(-c3nccs3)ccc2-c2ncccc2-c2ccccc21. The topological polar surface area (TPSA) is 97.0 Å². The standard InChI is InChI=1S/C31H18N4O.C31H18N4S.2Pt/c2*1-2-12-28-24(9-1)25-10-6-16-33-30(25)26-14-13-22(31-34-17-18-36-31)20-29(26)35(28)23-8-5-7-21(19-23)27-11-3-4-15-32-27;;/h2*1-18H;;/q2*-2;2*+2. The number of pyridine rings is 4. The van der Waals surface area contributed by atoms with Crippen molar-refractivity contribution in [3.05, 3.63) is 243 Å². The first-order valence-corrected chi connectivity index (χ1v) is 24.1. The molecule has 0 radical (unpaired) electrons. The Labute approximate surface area is 460 Å². The van der Waals surface area contributed by atoms with Crippen molar-refractivity contribution in [1.82, 2.24) is 29.9 Å². The molecular weight excluding hydrogens is 1290 g/mol. The number of hydrogen-bond donors (Lipinski definition) is 0. The Morgan fingerprint density at radius 1 is 0.365 bits per heavy atom. The largest absolute Gasteiger partial charge is 2.00 e. The summed E-state index contributed by atoms with van der Waals surface area (Å²) >= 11 is 1.61. The Kier molecular flexibility index (Phi) is 13.7. The van der Waals surface area contributed by atoms with Crippen molar-refractivity contribution in [2.45, 2.75) is 0 Å². The van der Waals surface area contributed by atoms with Crippen LogP contribution in [0.5, 0.6) is 0 Å². The van der Waals surface area contributed by atoms with Crippen LogP contribution in [-0.4, -0.2) is 29.9 Å². The van der Waals surface area contributed by atoms with E-state index in [1.54, 1.807) is 30.0 Å². The fraction of sp³-hybridized carbons (Fsp3) is 0. The molecule has 0 saturated carbocycles. The fourth-order valence-corrected chi connectivity index (χ4v) is 10.0. The molecule has 0 saturated heterocycles. The van der Waals surface area contributed by atoms with Gasteiger partial charge in [-0.25, -0.2) is 0 Å². The van der Waals surface area contributed by atoms with Crippen molar-refractivity contribution in [1.29, 1.82) is 0 Å². The zero-order valence-corrected chi connectivity index (χ0v) is 44.2. The average Bonchev–Trinajstić information content (AvgIpc) is 4.18. The van der Waals surface area contributed by atoms with Gasteiger partial charge >= 0.3 is 42.1 Å². The van der Waals surface area contributed by atoms with Crippen LogP contribution in [0, 0.1) is 24.3 Å². The Bertz CT molecular complexity index is 3660. The minimum atomic E-state index is 0. The summed E-state index contributed by atoms with van der Waals surface area (Å²) in [6.07, 6.45) is 12.3. The molecule has 6 aromatic heterocycles. The van der Waals surface area contributed by atoms with Gasteiger partial charge in [0.25, 0.3) is 0 Å². The predicted molar refractivity (Wildman–Crippen MR) is 285 cm³/mol. The van der Waals surface area contributed by atoms with Crippen LogP contribution in [0.15, 0.2) is 223 Å². The van der Waals surface area contributed by atoms with E-state index in [9.17, 15) is 0 Å². The minimum absolute atomic E-state index is 0. The summed E-state index contributed by atoms with van der Waals surface area (Å²) in [6, 6.07) is 71.9. The van der Waals surface area contributed by atoms with Gasteiger partial charge in [0.1, 0.15) is 5.89 Å². The van der Waals surface area contributed by atoms with E-state index < -0.39 is 0 Å². The molecule has 12 aromatic rings. The molecule has 0 atom stereocenters. The second-order valence-corrected chi connectivity index (χ2v) is 17.7. The molecule has 0 N–H and O–H groups in total. The monoisotopic (exact) mass is 1330 g/mol. The van der Waals surface area contributed by atoms with Gasteiger partial charge in [0.05, 0.1) is 23.8 Å². The third-order valence-electron chi connectivity index (χ3n) is 12.5. The normalized spacial score (nSPS) is 11.5. The van der Waals surface area contributed by atoms with E-state index in [4.69, 9.17) is 14.4 Å². The molecule has 0 bridgehead atoms. The number of hydrogen-bond acceptors (Lipinski definition) is 10. The Morgan fingerprint density at radius 2 is 0.878 bits per heavy atom. The van der Waals surface area contributed by atoms with Gasteiger partial charge in [-0.1, -0.05) is 89.5 Å². The zero-order chi connectivity index (χ0) is 47.8. The second kappa shape index (κ2) is 21.1. The first-order chi connectivity index (χ1) is 35.7. The maximum atomic E-state index is 5.61. The number of fused-ring (bicyclic) bond motifs is 10. The molecule has 2 aliphatic rings. The van der Waals surface area contributed by atoms with Crippen molar-refractivity contribution < 1.29 is 46.5 Å². The molecule has 2 aliphatic heterocycles. The van der Waals surface area contributed by atoms with Crippen LogP contribution in [0.2, 0.25) is 0 Å². The summed E-state index contributed by atoms with van der Waals surface area (Å²) in [5.74, 6) is 0.516. The van der Waals surface area contributed by atoms with Crippen LogP contribution in [0.3, 0.4) is 0 Å². The summed E-state index contributed by atoms with van der Waals surface area (Å²) in [5, 5.41) is 2.92. The van der Waals surface area contributed by atoms with E-state index in [2.05, 4.69) is 145 Å². The average molecular weight is 1330 g/mol. The predicted octanol–water partition coefficient (Wildman–Crippen LogP) is 15.5. The first kappa shape index (κ1) is 48.0. The van der Waals surface area contributed by atoms with Crippen molar-refractivity contribution in [3.63, 3.8) is 0 Å². The number of anilines is 6. The Balaban J connectivity index is 0.000000155. The van der Waals surface area contributed by atoms with Crippen LogP contribution in [-0.2, 0) is 42.1 Å². The van der Waals surface area contributed by atoms with Gasteiger partial charge in [0.2, 0.25) is 0 Å². The van der Waals surface area contributed by atoms with Gasteiger partial charge in [-0.05, 0) is 70.5 Å². The van der Waals surface area contributed by atoms with E-state index in [-0.39, 0.29) is 42.1 Å². The van der Waals surface area contributed by atoms with E-state index >= 15 is 0 Å². The van der Waals surface area contributed by atoms with Crippen LogP contribution >= 0.6 is 11.3 Å². The Morgan fingerprint density at radius 3 is 1.39 bits per heavy atom.